The second kappa shape index (κ2) is 7.29. The van der Waals surface area contributed by atoms with Crippen LogP contribution in [0.4, 0.5) is 5.82 Å². The van der Waals surface area contributed by atoms with E-state index in [1.165, 1.54) is 24.2 Å². The molecule has 0 spiro atoms. The van der Waals surface area contributed by atoms with Crippen LogP contribution in [0, 0.1) is 5.92 Å². The van der Waals surface area contributed by atoms with E-state index in [4.69, 9.17) is 4.74 Å². The van der Waals surface area contributed by atoms with Crippen LogP contribution in [0.5, 0.6) is 5.75 Å². The van der Waals surface area contributed by atoms with Crippen molar-refractivity contribution in [3.05, 3.63) is 58.7 Å². The average Bonchev–Trinajstić information content (AvgIpc) is 3.18. The number of amides is 1. The zero-order chi connectivity index (χ0) is 17.9. The van der Waals surface area contributed by atoms with Crippen LogP contribution in [-0.2, 0) is 6.61 Å². The number of thiazole rings is 1. The van der Waals surface area contributed by atoms with Crippen LogP contribution in [0.15, 0.2) is 47.4 Å². The zero-order valence-electron chi connectivity index (χ0n) is 14.5. The molecule has 0 bridgehead atoms. The number of rotatable bonds is 7. The Kier molecular flexibility index (Phi) is 4.71. The molecule has 0 radical (unpaired) electrons. The molecule has 1 aliphatic rings. The van der Waals surface area contributed by atoms with E-state index in [2.05, 4.69) is 22.3 Å². The van der Waals surface area contributed by atoms with Gasteiger partial charge in [0.15, 0.2) is 0 Å². The number of ether oxygens (including phenoxy) is 1. The predicted octanol–water partition coefficient (Wildman–Crippen LogP) is 4.14. The number of hydrogen-bond donors (Lipinski definition) is 1. The predicted molar refractivity (Wildman–Crippen MR) is 101 cm³/mol. The first kappa shape index (κ1) is 16.8. The van der Waals surface area contributed by atoms with Crippen molar-refractivity contribution in [2.24, 2.45) is 5.92 Å². The summed E-state index contributed by atoms with van der Waals surface area (Å²) in [5.41, 5.74) is 3.20. The van der Waals surface area contributed by atoms with E-state index in [1.54, 1.807) is 23.8 Å². The lowest BCUT2D eigenvalue weighted by atomic mass is 10.2. The summed E-state index contributed by atoms with van der Waals surface area (Å²) < 4.78 is 7.63. The van der Waals surface area contributed by atoms with E-state index < -0.39 is 0 Å². The molecule has 1 aliphatic carbocycles. The maximum Gasteiger partial charge on any atom is 0.256 e. The van der Waals surface area contributed by atoms with Crippen LogP contribution in [0.1, 0.15) is 41.9 Å². The van der Waals surface area contributed by atoms with Crippen LogP contribution in [0.25, 0.3) is 0 Å². The lowest BCUT2D eigenvalue weighted by Gasteiger charge is -2.15. The van der Waals surface area contributed by atoms with E-state index in [-0.39, 0.29) is 5.91 Å². The number of nitrogens with zero attached hydrogens (tertiary/aromatic N) is 3. The fourth-order valence-electron chi connectivity index (χ4n) is 2.90. The molecule has 1 amide bonds. The average molecular weight is 368 g/mol. The van der Waals surface area contributed by atoms with Crippen molar-refractivity contribution in [2.75, 3.05) is 5.32 Å². The summed E-state index contributed by atoms with van der Waals surface area (Å²) >= 11 is 1.53. The standard InChI is InChI=1S/C19H20N4O2S/c1-13(14-5-6-14)23-18(7-8-21-23)22-19(24)15-3-2-4-17(9-15)25-10-16-11-26-12-20-16/h2-4,7-9,11-14H,5-6,10H2,1H3,(H,22,24). The van der Waals surface area contributed by atoms with Gasteiger partial charge in [-0.3, -0.25) is 4.79 Å². The Bertz CT molecular complexity index is 887. The zero-order valence-corrected chi connectivity index (χ0v) is 15.3. The van der Waals surface area contributed by atoms with E-state index in [9.17, 15) is 4.79 Å². The lowest BCUT2D eigenvalue weighted by Crippen LogP contribution is -2.18. The number of carbonyl (C=O) groups is 1. The van der Waals surface area contributed by atoms with E-state index in [0.717, 1.165) is 11.5 Å². The van der Waals surface area contributed by atoms with Gasteiger partial charge in [-0.05, 0) is 43.9 Å². The Balaban J connectivity index is 1.43. The number of benzene rings is 1. The Morgan fingerprint density at radius 1 is 1.42 bits per heavy atom. The molecule has 3 aromatic rings. The molecular weight excluding hydrogens is 348 g/mol. The number of nitrogens with one attached hydrogen (secondary N) is 1. The number of anilines is 1. The number of aromatic nitrogens is 3. The molecule has 1 N–H and O–H groups in total. The van der Waals surface area contributed by atoms with Gasteiger partial charge in [-0.25, -0.2) is 9.67 Å². The van der Waals surface area contributed by atoms with Crippen molar-refractivity contribution in [1.82, 2.24) is 14.8 Å². The molecule has 26 heavy (non-hydrogen) atoms. The van der Waals surface area contributed by atoms with Gasteiger partial charge in [-0.15, -0.1) is 11.3 Å². The second-order valence-electron chi connectivity index (χ2n) is 6.49. The highest BCUT2D eigenvalue weighted by Gasteiger charge is 2.30. The minimum absolute atomic E-state index is 0.172. The van der Waals surface area contributed by atoms with Gasteiger partial charge in [-0.2, -0.15) is 5.10 Å². The van der Waals surface area contributed by atoms with Gasteiger partial charge in [0.2, 0.25) is 0 Å². The first-order valence-electron chi connectivity index (χ1n) is 8.65. The van der Waals surface area contributed by atoms with Gasteiger partial charge in [-0.1, -0.05) is 6.07 Å². The van der Waals surface area contributed by atoms with Gasteiger partial charge >= 0.3 is 0 Å². The fraction of sp³-hybridized carbons (Fsp3) is 0.316. The van der Waals surface area contributed by atoms with Crippen LogP contribution >= 0.6 is 11.3 Å². The number of hydrogen-bond acceptors (Lipinski definition) is 5. The fourth-order valence-corrected chi connectivity index (χ4v) is 3.44. The molecule has 0 saturated heterocycles. The Labute approximate surface area is 155 Å². The lowest BCUT2D eigenvalue weighted by molar-refractivity contribution is 0.102. The largest absolute Gasteiger partial charge is 0.487 e. The van der Waals surface area contributed by atoms with Crippen molar-refractivity contribution in [1.29, 1.82) is 0 Å². The summed E-state index contributed by atoms with van der Waals surface area (Å²) in [4.78, 5) is 16.8. The summed E-state index contributed by atoms with van der Waals surface area (Å²) in [6.07, 6.45) is 4.18. The summed E-state index contributed by atoms with van der Waals surface area (Å²) in [6.45, 7) is 2.54. The third kappa shape index (κ3) is 3.77. The highest BCUT2D eigenvalue weighted by atomic mass is 32.1. The normalized spacial score (nSPS) is 14.8. The first-order valence-corrected chi connectivity index (χ1v) is 9.60. The van der Waals surface area contributed by atoms with Crippen LogP contribution in [0.2, 0.25) is 0 Å². The molecule has 4 rings (SSSR count). The maximum absolute atomic E-state index is 12.6. The van der Waals surface area contributed by atoms with E-state index in [0.29, 0.717) is 29.9 Å². The molecule has 7 heteroatoms. The van der Waals surface area contributed by atoms with Crippen LogP contribution < -0.4 is 10.1 Å². The monoisotopic (exact) mass is 368 g/mol. The van der Waals surface area contributed by atoms with E-state index in [1.807, 2.05) is 28.3 Å². The number of carbonyl (C=O) groups excluding carboxylic acids is 1. The summed E-state index contributed by atoms with van der Waals surface area (Å²) in [6, 6.07) is 9.30. The van der Waals surface area contributed by atoms with Gasteiger partial charge in [0.05, 0.1) is 23.4 Å². The molecule has 1 atom stereocenters. The molecule has 6 nitrogen and oxygen atoms in total. The Hall–Kier alpha value is -2.67. The summed E-state index contributed by atoms with van der Waals surface area (Å²) in [5.74, 6) is 1.86. The van der Waals surface area contributed by atoms with Crippen LogP contribution in [-0.4, -0.2) is 20.7 Å². The molecule has 0 aliphatic heterocycles. The Morgan fingerprint density at radius 3 is 3.08 bits per heavy atom. The highest BCUT2D eigenvalue weighted by Crippen LogP contribution is 2.40. The minimum atomic E-state index is -0.172. The third-order valence-corrected chi connectivity index (χ3v) is 5.20. The van der Waals surface area contributed by atoms with Gasteiger partial charge in [0.25, 0.3) is 5.91 Å². The minimum Gasteiger partial charge on any atom is -0.487 e. The van der Waals surface area contributed by atoms with Crippen LogP contribution in [0.3, 0.4) is 0 Å². The Morgan fingerprint density at radius 2 is 2.31 bits per heavy atom. The van der Waals surface area contributed by atoms with Crippen molar-refractivity contribution in [3.63, 3.8) is 0 Å². The van der Waals surface area contributed by atoms with Crippen molar-refractivity contribution >= 4 is 23.1 Å². The quantitative estimate of drug-likeness (QED) is 0.680. The van der Waals surface area contributed by atoms with Crippen molar-refractivity contribution in [2.45, 2.75) is 32.4 Å². The third-order valence-electron chi connectivity index (χ3n) is 4.57. The van der Waals surface area contributed by atoms with E-state index >= 15 is 0 Å². The molecule has 1 fully saturated rings. The smallest absolute Gasteiger partial charge is 0.256 e. The molecular formula is C19H20N4O2S. The molecule has 2 aromatic heterocycles. The molecule has 1 aromatic carbocycles. The topological polar surface area (TPSA) is 69.0 Å². The molecule has 2 heterocycles. The SMILES string of the molecule is CC(C1CC1)n1nccc1NC(=O)c1cccc(OCc2cscn2)c1. The molecule has 1 unspecified atom stereocenters. The van der Waals surface area contributed by atoms with Crippen molar-refractivity contribution in [3.8, 4) is 5.75 Å². The second-order valence-corrected chi connectivity index (χ2v) is 7.21. The van der Waals surface area contributed by atoms with Crippen molar-refractivity contribution < 1.29 is 9.53 Å². The van der Waals surface area contributed by atoms with Gasteiger partial charge in [0.1, 0.15) is 18.2 Å². The van der Waals surface area contributed by atoms with Gasteiger partial charge in [0, 0.05) is 17.0 Å². The van der Waals surface area contributed by atoms with Gasteiger partial charge < -0.3 is 10.1 Å². The molecule has 1 saturated carbocycles. The molecule has 134 valence electrons. The summed E-state index contributed by atoms with van der Waals surface area (Å²) in [5, 5.41) is 9.28. The first-order chi connectivity index (χ1) is 12.7. The highest BCUT2D eigenvalue weighted by molar-refractivity contribution is 7.07. The summed E-state index contributed by atoms with van der Waals surface area (Å²) in [7, 11) is 0. The maximum atomic E-state index is 12.6.